The highest BCUT2D eigenvalue weighted by molar-refractivity contribution is 6.74. The lowest BCUT2D eigenvalue weighted by molar-refractivity contribution is 0.0180. The summed E-state index contributed by atoms with van der Waals surface area (Å²) >= 11 is 0. The topological polar surface area (TPSA) is 41.9 Å². The molecule has 2 rings (SSSR count). The summed E-state index contributed by atoms with van der Waals surface area (Å²) in [6.45, 7) is 14.7. The van der Waals surface area contributed by atoms with Gasteiger partial charge in [-0.1, -0.05) is 20.8 Å². The second-order valence-corrected chi connectivity index (χ2v) is 13.0. The molecule has 1 aliphatic rings. The monoisotopic (exact) mass is 351 g/mol. The number of anilines is 1. The maximum atomic E-state index is 9.38. The highest BCUT2D eigenvalue weighted by Gasteiger charge is 2.36. The predicted octanol–water partition coefficient (Wildman–Crippen LogP) is 4.40. The second kappa shape index (κ2) is 7.89. The van der Waals surface area contributed by atoms with E-state index in [-0.39, 0.29) is 5.04 Å². The summed E-state index contributed by atoms with van der Waals surface area (Å²) in [7, 11) is -1.66. The molecule has 1 aromatic rings. The van der Waals surface area contributed by atoms with Gasteiger partial charge >= 0.3 is 0 Å². The minimum Gasteiger partial charge on any atom is -0.508 e. The van der Waals surface area contributed by atoms with Crippen LogP contribution in [0.2, 0.25) is 18.1 Å². The van der Waals surface area contributed by atoms with Crippen molar-refractivity contribution >= 4 is 14.0 Å². The lowest BCUT2D eigenvalue weighted by Gasteiger charge is -2.36. The Balaban J connectivity index is 1.67. The Kier molecular flexibility index (Phi) is 6.34. The Morgan fingerprint density at radius 2 is 1.67 bits per heavy atom. The molecule has 0 radical (unpaired) electrons. The van der Waals surface area contributed by atoms with Crippen molar-refractivity contribution in [3.05, 3.63) is 24.3 Å². The SMILES string of the molecule is CC(C)(C)[Si](C)(C)OCCOC1CCN(c2ccc(O)cc2)CC1. The van der Waals surface area contributed by atoms with Gasteiger partial charge in [-0.3, -0.25) is 0 Å². The van der Waals surface area contributed by atoms with Crippen molar-refractivity contribution in [1.82, 2.24) is 0 Å². The highest BCUT2D eigenvalue weighted by Crippen LogP contribution is 2.36. The van der Waals surface area contributed by atoms with Crippen LogP contribution in [0.5, 0.6) is 5.75 Å². The van der Waals surface area contributed by atoms with Crippen molar-refractivity contribution in [2.75, 3.05) is 31.2 Å². The van der Waals surface area contributed by atoms with Gasteiger partial charge in [-0.2, -0.15) is 0 Å². The van der Waals surface area contributed by atoms with Crippen LogP contribution >= 0.6 is 0 Å². The summed E-state index contributed by atoms with van der Waals surface area (Å²) in [5, 5.41) is 9.63. The van der Waals surface area contributed by atoms with Gasteiger partial charge in [0.15, 0.2) is 8.32 Å². The zero-order valence-corrected chi connectivity index (χ0v) is 16.8. The number of phenols is 1. The van der Waals surface area contributed by atoms with Crippen molar-refractivity contribution in [1.29, 1.82) is 0 Å². The maximum absolute atomic E-state index is 9.38. The van der Waals surface area contributed by atoms with E-state index < -0.39 is 8.32 Å². The molecular formula is C19H33NO3Si. The third-order valence-electron chi connectivity index (χ3n) is 5.36. The average molecular weight is 352 g/mol. The number of aromatic hydroxyl groups is 1. The first kappa shape index (κ1) is 19.3. The molecule has 136 valence electrons. The third-order valence-corrected chi connectivity index (χ3v) is 9.90. The fourth-order valence-electron chi connectivity index (χ4n) is 2.67. The molecule has 0 atom stereocenters. The van der Waals surface area contributed by atoms with Crippen LogP contribution in [-0.2, 0) is 9.16 Å². The molecule has 5 heteroatoms. The number of piperidine rings is 1. The summed E-state index contributed by atoms with van der Waals surface area (Å²) in [6.07, 6.45) is 2.42. The van der Waals surface area contributed by atoms with Gasteiger partial charge in [0, 0.05) is 18.8 Å². The largest absolute Gasteiger partial charge is 0.508 e. The van der Waals surface area contributed by atoms with Gasteiger partial charge in [0.25, 0.3) is 0 Å². The second-order valence-electron chi connectivity index (χ2n) is 8.18. The van der Waals surface area contributed by atoms with Gasteiger partial charge in [-0.25, -0.2) is 0 Å². The summed E-state index contributed by atoms with van der Waals surface area (Å²) in [5.74, 6) is 0.318. The summed E-state index contributed by atoms with van der Waals surface area (Å²) in [6, 6.07) is 7.44. The molecule has 0 unspecified atom stereocenters. The maximum Gasteiger partial charge on any atom is 0.192 e. The first-order valence-electron chi connectivity index (χ1n) is 8.98. The van der Waals surface area contributed by atoms with E-state index in [0.717, 1.165) is 25.9 Å². The lowest BCUT2D eigenvalue weighted by Crippen LogP contribution is -2.42. The summed E-state index contributed by atoms with van der Waals surface area (Å²) < 4.78 is 12.2. The molecule has 1 aromatic carbocycles. The van der Waals surface area contributed by atoms with Gasteiger partial charge < -0.3 is 19.2 Å². The summed E-state index contributed by atoms with van der Waals surface area (Å²) in [4.78, 5) is 2.35. The van der Waals surface area contributed by atoms with Crippen LogP contribution in [0.3, 0.4) is 0 Å². The van der Waals surface area contributed by atoms with Crippen molar-refractivity contribution in [2.45, 2.75) is 57.8 Å². The van der Waals surface area contributed by atoms with Crippen molar-refractivity contribution < 1.29 is 14.3 Å². The first-order valence-corrected chi connectivity index (χ1v) is 11.9. The van der Waals surface area contributed by atoms with Gasteiger partial charge in [0.1, 0.15) is 5.75 Å². The quantitative estimate of drug-likeness (QED) is 0.609. The normalized spacial score (nSPS) is 17.3. The van der Waals surface area contributed by atoms with Crippen LogP contribution < -0.4 is 4.90 Å². The van der Waals surface area contributed by atoms with Crippen LogP contribution in [0.25, 0.3) is 0 Å². The fourth-order valence-corrected chi connectivity index (χ4v) is 3.70. The molecule has 1 aliphatic heterocycles. The minimum atomic E-state index is -1.66. The van der Waals surface area contributed by atoms with Crippen LogP contribution in [0.15, 0.2) is 24.3 Å². The third kappa shape index (κ3) is 5.23. The average Bonchev–Trinajstić information content (AvgIpc) is 2.52. The molecule has 1 fully saturated rings. The molecule has 0 bridgehead atoms. The van der Waals surface area contributed by atoms with Crippen molar-refractivity contribution in [3.8, 4) is 5.75 Å². The smallest absolute Gasteiger partial charge is 0.192 e. The zero-order valence-electron chi connectivity index (χ0n) is 15.8. The Morgan fingerprint density at radius 1 is 1.08 bits per heavy atom. The number of phenolic OH excluding ortho intramolecular Hbond substituents is 1. The zero-order chi connectivity index (χ0) is 17.8. The molecule has 1 saturated heterocycles. The summed E-state index contributed by atoms with van der Waals surface area (Å²) in [5.41, 5.74) is 1.17. The Hall–Kier alpha value is -1.04. The number of hydrogen-bond acceptors (Lipinski definition) is 4. The Labute approximate surface area is 147 Å². The highest BCUT2D eigenvalue weighted by atomic mass is 28.4. The molecule has 24 heavy (non-hydrogen) atoms. The Bertz CT molecular complexity index is 502. The lowest BCUT2D eigenvalue weighted by atomic mass is 10.1. The first-order chi connectivity index (χ1) is 11.2. The number of benzene rings is 1. The predicted molar refractivity (Wildman–Crippen MR) is 102 cm³/mol. The van der Waals surface area contributed by atoms with E-state index in [1.807, 2.05) is 12.1 Å². The van der Waals surface area contributed by atoms with Gasteiger partial charge in [-0.05, 0) is 55.2 Å². The van der Waals surface area contributed by atoms with Crippen LogP contribution in [-0.4, -0.2) is 45.8 Å². The van der Waals surface area contributed by atoms with E-state index in [9.17, 15) is 5.11 Å². The van der Waals surface area contributed by atoms with E-state index in [4.69, 9.17) is 9.16 Å². The molecular weight excluding hydrogens is 318 g/mol. The van der Waals surface area contributed by atoms with Crippen LogP contribution in [0.1, 0.15) is 33.6 Å². The molecule has 1 heterocycles. The van der Waals surface area contributed by atoms with Crippen LogP contribution in [0.4, 0.5) is 5.69 Å². The minimum absolute atomic E-state index is 0.252. The van der Waals surface area contributed by atoms with E-state index in [2.05, 4.69) is 38.8 Å². The molecule has 0 aliphatic carbocycles. The number of rotatable bonds is 6. The molecule has 4 nitrogen and oxygen atoms in total. The molecule has 0 spiro atoms. The van der Waals surface area contributed by atoms with Crippen molar-refractivity contribution in [3.63, 3.8) is 0 Å². The number of nitrogens with zero attached hydrogens (tertiary/aromatic N) is 1. The Morgan fingerprint density at radius 3 is 2.21 bits per heavy atom. The van der Waals surface area contributed by atoms with E-state index in [1.165, 1.54) is 5.69 Å². The van der Waals surface area contributed by atoms with E-state index in [0.29, 0.717) is 25.1 Å². The van der Waals surface area contributed by atoms with E-state index >= 15 is 0 Å². The standard InChI is InChI=1S/C19H33NO3Si/c1-19(2,3)24(4,5)23-15-14-22-18-10-12-20(13-11-18)16-6-8-17(21)9-7-16/h6-9,18,21H,10-15H2,1-5H3. The van der Waals surface area contributed by atoms with Gasteiger partial charge in [0.05, 0.1) is 19.3 Å². The molecule has 1 N–H and O–H groups in total. The number of hydrogen-bond donors (Lipinski definition) is 1. The van der Waals surface area contributed by atoms with Crippen molar-refractivity contribution in [2.24, 2.45) is 0 Å². The van der Waals surface area contributed by atoms with Crippen LogP contribution in [0, 0.1) is 0 Å². The van der Waals surface area contributed by atoms with Gasteiger partial charge in [-0.15, -0.1) is 0 Å². The fraction of sp³-hybridized carbons (Fsp3) is 0.684. The molecule has 0 aromatic heterocycles. The molecule has 0 saturated carbocycles. The van der Waals surface area contributed by atoms with E-state index in [1.54, 1.807) is 12.1 Å². The van der Waals surface area contributed by atoms with Gasteiger partial charge in [0.2, 0.25) is 0 Å². The number of ether oxygens (including phenoxy) is 1. The molecule has 0 amide bonds.